The molecule has 4 aromatic rings. The van der Waals surface area contributed by atoms with Gasteiger partial charge in [-0.15, -0.1) is 0 Å². The van der Waals surface area contributed by atoms with Crippen LogP contribution in [-0.4, -0.2) is 46.2 Å². The van der Waals surface area contributed by atoms with Crippen LogP contribution in [-0.2, 0) is 13.0 Å². The van der Waals surface area contributed by atoms with E-state index in [0.717, 1.165) is 24.0 Å². The van der Waals surface area contributed by atoms with Crippen molar-refractivity contribution in [2.24, 2.45) is 21.9 Å². The first-order valence-electron chi connectivity index (χ1n) is 15.0. The van der Waals surface area contributed by atoms with Crippen molar-refractivity contribution in [2.75, 3.05) is 19.8 Å². The Labute approximate surface area is 262 Å². The number of aliphatic imine (C=N–C) groups is 1. The van der Waals surface area contributed by atoms with Gasteiger partial charge in [-0.05, 0) is 79.6 Å². The molecule has 2 aromatic carbocycles. The predicted octanol–water partition coefficient (Wildman–Crippen LogP) is 6.31. The average Bonchev–Trinajstić information content (AvgIpc) is 3.43. The molecule has 0 aliphatic rings. The zero-order valence-electron chi connectivity index (χ0n) is 26.2. The van der Waals surface area contributed by atoms with Gasteiger partial charge in [0.1, 0.15) is 18.2 Å². The van der Waals surface area contributed by atoms with Gasteiger partial charge in [0, 0.05) is 36.3 Å². The highest BCUT2D eigenvalue weighted by Gasteiger charge is 2.19. The highest BCUT2D eigenvalue weighted by atomic mass is 35.5. The lowest BCUT2D eigenvalue weighted by atomic mass is 9.86. The Hall–Kier alpha value is -3.60. The fraction of sp³-hybridized carbons (Fsp3) is 0.424. The Morgan fingerprint density at radius 3 is 2.55 bits per heavy atom. The Bertz CT molecular complexity index is 1610. The van der Waals surface area contributed by atoms with Crippen molar-refractivity contribution in [2.45, 2.75) is 66.5 Å². The first-order valence-corrected chi connectivity index (χ1v) is 15.4. The molecule has 0 bridgehead atoms. The van der Waals surface area contributed by atoms with Gasteiger partial charge in [0.2, 0.25) is 0 Å². The Morgan fingerprint density at radius 2 is 1.89 bits per heavy atom. The number of aryl methyl sites for hydroxylation is 1. The minimum absolute atomic E-state index is 0.0144. The molecule has 0 aliphatic heterocycles. The summed E-state index contributed by atoms with van der Waals surface area (Å²) in [6.45, 7) is 11.1. The Kier molecular flexibility index (Phi) is 12.6. The second-order valence-corrected chi connectivity index (χ2v) is 11.8. The van der Waals surface area contributed by atoms with Gasteiger partial charge in [-0.25, -0.2) is 13.6 Å². The van der Waals surface area contributed by atoms with Gasteiger partial charge in [-0.1, -0.05) is 51.4 Å². The lowest BCUT2D eigenvalue weighted by molar-refractivity contribution is 0.348. The van der Waals surface area contributed by atoms with E-state index in [1.165, 1.54) is 4.57 Å². The van der Waals surface area contributed by atoms with E-state index in [9.17, 15) is 9.18 Å². The van der Waals surface area contributed by atoms with Crippen LogP contribution in [0.5, 0.6) is 0 Å². The molecule has 0 saturated carbocycles. The summed E-state index contributed by atoms with van der Waals surface area (Å²) >= 11 is 6.26. The number of hydrogen-bond acceptors (Lipinski definition) is 5. The molecule has 0 saturated heterocycles. The minimum atomic E-state index is -0.735. The van der Waals surface area contributed by atoms with E-state index < -0.39 is 18.2 Å². The van der Waals surface area contributed by atoms with Crippen molar-refractivity contribution in [3.63, 3.8) is 0 Å². The van der Waals surface area contributed by atoms with E-state index in [1.54, 1.807) is 24.4 Å². The van der Waals surface area contributed by atoms with Crippen LogP contribution < -0.4 is 22.5 Å². The zero-order chi connectivity index (χ0) is 32.4. The summed E-state index contributed by atoms with van der Waals surface area (Å²) in [4.78, 5) is 24.2. The third kappa shape index (κ3) is 9.20. The molecule has 1 unspecified atom stereocenters. The monoisotopic (exact) mass is 627 g/mol. The third-order valence-electron chi connectivity index (χ3n) is 7.41. The fourth-order valence-corrected chi connectivity index (χ4v) is 4.75. The number of nitrogens with two attached hydrogens (primary N) is 2. The maximum Gasteiger partial charge on any atom is 0.354 e. The number of amidine groups is 1. The summed E-state index contributed by atoms with van der Waals surface area (Å²) in [6, 6.07) is 12.9. The number of rotatable bonds is 13. The maximum absolute atomic E-state index is 15.1. The van der Waals surface area contributed by atoms with Crippen molar-refractivity contribution in [3.05, 3.63) is 81.1 Å². The Morgan fingerprint density at radius 1 is 1.18 bits per heavy atom. The standard InChI is InChI=1S/C31H38ClF2N7O.C2H6/c1-19(9-11-37-27(36)15-33)38-16-20-4-6-23(7-5-20)41-17-22-14-26(39-29(22)40-30(41)42)24-12-21(13-25(32)28(24)34)8-10-31(2,3)18-35;1-2/h4-7,12-14,17,19,38H,8-11,15-16,18,35H2,1-3H3,(H2,36,37)(H,39,40,42);1-2H3. The lowest BCUT2D eigenvalue weighted by Crippen LogP contribution is -2.26. The molecule has 0 spiro atoms. The van der Waals surface area contributed by atoms with Gasteiger partial charge in [-0.3, -0.25) is 9.56 Å². The number of benzene rings is 2. The number of fused-ring (bicyclic) bond motifs is 1. The molecule has 4 rings (SSSR count). The summed E-state index contributed by atoms with van der Waals surface area (Å²) < 4.78 is 29.0. The van der Waals surface area contributed by atoms with Crippen LogP contribution in [0.15, 0.2) is 58.4 Å². The lowest BCUT2D eigenvalue weighted by Gasteiger charge is -2.22. The van der Waals surface area contributed by atoms with Gasteiger partial charge < -0.3 is 21.8 Å². The fourth-order valence-electron chi connectivity index (χ4n) is 4.51. The molecule has 6 N–H and O–H groups in total. The van der Waals surface area contributed by atoms with Crippen molar-refractivity contribution in [3.8, 4) is 16.9 Å². The second kappa shape index (κ2) is 15.9. The normalized spacial score (nSPS) is 12.7. The van der Waals surface area contributed by atoms with Crippen LogP contribution in [0.1, 0.15) is 58.6 Å². The highest BCUT2D eigenvalue weighted by Crippen LogP contribution is 2.32. The van der Waals surface area contributed by atoms with Crippen molar-refractivity contribution in [1.82, 2.24) is 19.9 Å². The number of alkyl halides is 1. The first kappa shape index (κ1) is 34.9. The average molecular weight is 628 g/mol. The summed E-state index contributed by atoms with van der Waals surface area (Å²) in [5.74, 6) is -0.518. The summed E-state index contributed by atoms with van der Waals surface area (Å²) in [7, 11) is 0. The molecule has 0 aliphatic carbocycles. The van der Waals surface area contributed by atoms with Crippen LogP contribution in [0.4, 0.5) is 8.78 Å². The summed E-state index contributed by atoms with van der Waals surface area (Å²) in [5.41, 5.74) is 14.5. The van der Waals surface area contributed by atoms with Crippen LogP contribution in [0, 0.1) is 11.2 Å². The molecule has 238 valence electrons. The number of aromatic amines is 1. The summed E-state index contributed by atoms with van der Waals surface area (Å²) in [6.07, 6.45) is 3.95. The van der Waals surface area contributed by atoms with Crippen LogP contribution in [0.25, 0.3) is 28.0 Å². The molecule has 2 heterocycles. The number of hydrogen-bond donors (Lipinski definition) is 4. The molecule has 0 radical (unpaired) electrons. The van der Waals surface area contributed by atoms with E-state index in [-0.39, 0.29) is 22.3 Å². The third-order valence-corrected chi connectivity index (χ3v) is 7.69. The quantitative estimate of drug-likeness (QED) is 0.102. The molecular weight excluding hydrogens is 584 g/mol. The van der Waals surface area contributed by atoms with Crippen molar-refractivity contribution >= 4 is 28.5 Å². The number of nitrogens with zero attached hydrogens (tertiary/aromatic N) is 3. The molecule has 2 aromatic heterocycles. The van der Waals surface area contributed by atoms with Gasteiger partial charge >= 0.3 is 5.69 Å². The summed E-state index contributed by atoms with van der Waals surface area (Å²) in [5, 5.41) is 4.10. The van der Waals surface area contributed by atoms with Crippen molar-refractivity contribution in [1.29, 1.82) is 0 Å². The number of aromatic nitrogens is 3. The van der Waals surface area contributed by atoms with E-state index in [1.807, 2.05) is 45.0 Å². The molecule has 0 amide bonds. The van der Waals surface area contributed by atoms with E-state index in [4.69, 9.17) is 23.1 Å². The topological polar surface area (TPSA) is 127 Å². The zero-order valence-corrected chi connectivity index (χ0v) is 26.9. The molecule has 0 fully saturated rings. The predicted molar refractivity (Wildman–Crippen MR) is 178 cm³/mol. The van der Waals surface area contributed by atoms with E-state index >= 15 is 4.39 Å². The number of halogens is 3. The van der Waals surface area contributed by atoms with E-state index in [0.29, 0.717) is 54.0 Å². The molecule has 8 nitrogen and oxygen atoms in total. The highest BCUT2D eigenvalue weighted by molar-refractivity contribution is 6.31. The Balaban J connectivity index is 0.00000259. The number of nitrogens with one attached hydrogen (secondary N) is 2. The van der Waals surface area contributed by atoms with E-state index in [2.05, 4.69) is 34.1 Å². The molecular formula is C33H44ClF2N7O. The maximum atomic E-state index is 15.1. The van der Waals surface area contributed by atoms with Gasteiger partial charge in [0.25, 0.3) is 0 Å². The molecule has 44 heavy (non-hydrogen) atoms. The van der Waals surface area contributed by atoms with Gasteiger partial charge in [-0.2, -0.15) is 4.98 Å². The minimum Gasteiger partial charge on any atom is -0.385 e. The smallest absolute Gasteiger partial charge is 0.354 e. The van der Waals surface area contributed by atoms with Gasteiger partial charge in [0.15, 0.2) is 5.82 Å². The number of H-pyrrole nitrogens is 1. The largest absolute Gasteiger partial charge is 0.385 e. The van der Waals surface area contributed by atoms with Crippen LogP contribution in [0.3, 0.4) is 0 Å². The first-order chi connectivity index (χ1) is 21.0. The van der Waals surface area contributed by atoms with Crippen molar-refractivity contribution < 1.29 is 8.78 Å². The van der Waals surface area contributed by atoms with Crippen LogP contribution >= 0.6 is 11.6 Å². The molecule has 11 heteroatoms. The SMILES string of the molecule is CC.CC(CCN=C(N)CF)NCc1ccc(-n2cc3cc(-c4cc(CCC(C)(C)CN)cc(Cl)c4F)[nH]c3nc2=O)cc1. The molecule has 1 atom stereocenters. The van der Waals surface area contributed by atoms with Gasteiger partial charge in [0.05, 0.1) is 16.4 Å². The van der Waals surface area contributed by atoms with Crippen LogP contribution in [0.2, 0.25) is 5.02 Å². The second-order valence-electron chi connectivity index (χ2n) is 11.4.